The number of piperazine rings is 1. The highest BCUT2D eigenvalue weighted by Crippen LogP contribution is 2.10. The standard InChI is InChI=1S/C10H22N4O/c1-3-9-8-14(7-6-13(9)2)5-4-10(15)12-11/h9H,3-8,11H2,1-2H3,(H,12,15). The topological polar surface area (TPSA) is 61.6 Å². The smallest absolute Gasteiger partial charge is 0.235 e. The molecule has 1 heterocycles. The highest BCUT2D eigenvalue weighted by atomic mass is 16.2. The number of carbonyl (C=O) groups is 1. The Morgan fingerprint density at radius 3 is 2.87 bits per heavy atom. The maximum absolute atomic E-state index is 11.0. The number of nitrogens with one attached hydrogen (secondary N) is 1. The molecule has 0 bridgehead atoms. The molecule has 1 unspecified atom stereocenters. The second-order valence-electron chi connectivity index (χ2n) is 4.16. The van der Waals surface area contributed by atoms with Crippen molar-refractivity contribution in [3.8, 4) is 0 Å². The van der Waals surface area contributed by atoms with Gasteiger partial charge >= 0.3 is 0 Å². The minimum absolute atomic E-state index is 0.0815. The Morgan fingerprint density at radius 1 is 1.53 bits per heavy atom. The number of carbonyl (C=O) groups excluding carboxylic acids is 1. The zero-order valence-corrected chi connectivity index (χ0v) is 9.70. The zero-order chi connectivity index (χ0) is 11.3. The molecule has 1 fully saturated rings. The Morgan fingerprint density at radius 2 is 2.27 bits per heavy atom. The van der Waals surface area contributed by atoms with E-state index in [1.54, 1.807) is 0 Å². The van der Waals surface area contributed by atoms with E-state index in [-0.39, 0.29) is 5.91 Å². The molecule has 1 saturated heterocycles. The second kappa shape index (κ2) is 6.05. The summed E-state index contributed by atoms with van der Waals surface area (Å²) in [7, 11) is 2.16. The third-order valence-corrected chi connectivity index (χ3v) is 3.15. The summed E-state index contributed by atoms with van der Waals surface area (Å²) in [5, 5.41) is 0. The minimum atomic E-state index is -0.0815. The molecule has 0 radical (unpaired) electrons. The van der Waals surface area contributed by atoms with Gasteiger partial charge in [-0.3, -0.25) is 15.1 Å². The molecular weight excluding hydrogens is 192 g/mol. The van der Waals surface area contributed by atoms with E-state index in [1.807, 2.05) is 0 Å². The lowest BCUT2D eigenvalue weighted by molar-refractivity contribution is -0.121. The monoisotopic (exact) mass is 214 g/mol. The molecule has 1 aliphatic heterocycles. The molecule has 0 aromatic heterocycles. The summed E-state index contributed by atoms with van der Waals surface area (Å²) in [5.41, 5.74) is 2.16. The van der Waals surface area contributed by atoms with E-state index in [9.17, 15) is 4.79 Å². The predicted octanol–water partition coefficient (Wildman–Crippen LogP) is -0.608. The van der Waals surface area contributed by atoms with Crippen molar-refractivity contribution in [3.63, 3.8) is 0 Å². The van der Waals surface area contributed by atoms with Crippen LogP contribution in [0, 0.1) is 0 Å². The van der Waals surface area contributed by atoms with Crippen molar-refractivity contribution in [2.45, 2.75) is 25.8 Å². The van der Waals surface area contributed by atoms with E-state index in [2.05, 4.69) is 29.2 Å². The number of likely N-dealkylation sites (N-methyl/N-ethyl adjacent to an activating group) is 1. The van der Waals surface area contributed by atoms with Gasteiger partial charge in [0.05, 0.1) is 0 Å². The van der Waals surface area contributed by atoms with Gasteiger partial charge in [0.2, 0.25) is 5.91 Å². The van der Waals surface area contributed by atoms with Crippen molar-refractivity contribution in [1.82, 2.24) is 15.2 Å². The quantitative estimate of drug-likeness (QED) is 0.372. The lowest BCUT2D eigenvalue weighted by Crippen LogP contribution is -2.51. The van der Waals surface area contributed by atoms with Crippen LogP contribution in [-0.2, 0) is 4.79 Å². The Kier molecular flexibility index (Phi) is 5.01. The molecule has 1 rings (SSSR count). The number of amides is 1. The first-order chi connectivity index (χ1) is 7.17. The molecule has 1 atom stereocenters. The van der Waals surface area contributed by atoms with Crippen LogP contribution >= 0.6 is 0 Å². The maximum atomic E-state index is 11.0. The maximum Gasteiger partial charge on any atom is 0.235 e. The van der Waals surface area contributed by atoms with Crippen molar-refractivity contribution >= 4 is 5.91 Å². The minimum Gasteiger partial charge on any atom is -0.301 e. The number of hydrazine groups is 1. The number of hydrogen-bond acceptors (Lipinski definition) is 4. The average molecular weight is 214 g/mol. The normalized spacial score (nSPS) is 24.1. The molecule has 15 heavy (non-hydrogen) atoms. The van der Waals surface area contributed by atoms with Crippen LogP contribution in [0.1, 0.15) is 19.8 Å². The van der Waals surface area contributed by atoms with Crippen molar-refractivity contribution in [3.05, 3.63) is 0 Å². The van der Waals surface area contributed by atoms with Gasteiger partial charge in [0.25, 0.3) is 0 Å². The summed E-state index contributed by atoms with van der Waals surface area (Å²) in [6.45, 7) is 6.21. The van der Waals surface area contributed by atoms with Crippen molar-refractivity contribution in [2.24, 2.45) is 5.84 Å². The van der Waals surface area contributed by atoms with Crippen LogP contribution in [-0.4, -0.2) is 55.0 Å². The predicted molar refractivity (Wildman–Crippen MR) is 60.1 cm³/mol. The van der Waals surface area contributed by atoms with Crippen LogP contribution in [0.3, 0.4) is 0 Å². The summed E-state index contributed by atoms with van der Waals surface area (Å²) in [4.78, 5) is 15.7. The van der Waals surface area contributed by atoms with Gasteiger partial charge in [-0.1, -0.05) is 6.92 Å². The van der Waals surface area contributed by atoms with Gasteiger partial charge in [0.1, 0.15) is 0 Å². The molecule has 0 saturated carbocycles. The Hall–Kier alpha value is -0.650. The number of rotatable bonds is 4. The van der Waals surface area contributed by atoms with Crippen LogP contribution in [0.15, 0.2) is 0 Å². The lowest BCUT2D eigenvalue weighted by Gasteiger charge is -2.39. The highest BCUT2D eigenvalue weighted by molar-refractivity contribution is 5.75. The lowest BCUT2D eigenvalue weighted by atomic mass is 10.1. The van der Waals surface area contributed by atoms with Crippen LogP contribution in [0.25, 0.3) is 0 Å². The van der Waals surface area contributed by atoms with Gasteiger partial charge < -0.3 is 4.90 Å². The van der Waals surface area contributed by atoms with E-state index in [0.717, 1.165) is 32.6 Å². The third kappa shape index (κ3) is 3.77. The van der Waals surface area contributed by atoms with E-state index >= 15 is 0 Å². The van der Waals surface area contributed by atoms with Gasteiger partial charge in [-0.2, -0.15) is 0 Å². The molecule has 5 nitrogen and oxygen atoms in total. The van der Waals surface area contributed by atoms with E-state index in [4.69, 9.17) is 5.84 Å². The molecule has 0 aromatic carbocycles. The number of nitrogens with two attached hydrogens (primary N) is 1. The first-order valence-corrected chi connectivity index (χ1v) is 5.59. The van der Waals surface area contributed by atoms with Gasteiger partial charge in [-0.15, -0.1) is 0 Å². The Labute approximate surface area is 91.6 Å². The van der Waals surface area contributed by atoms with E-state index < -0.39 is 0 Å². The fourth-order valence-electron chi connectivity index (χ4n) is 1.99. The van der Waals surface area contributed by atoms with Gasteiger partial charge in [-0.25, -0.2) is 5.84 Å². The van der Waals surface area contributed by atoms with Gasteiger partial charge in [-0.05, 0) is 13.5 Å². The summed E-state index contributed by atoms with van der Waals surface area (Å²) in [5.74, 6) is 4.96. The molecule has 3 N–H and O–H groups in total. The van der Waals surface area contributed by atoms with Crippen molar-refractivity contribution < 1.29 is 4.79 Å². The molecule has 1 aliphatic rings. The summed E-state index contributed by atoms with van der Waals surface area (Å²) >= 11 is 0. The molecule has 5 heteroatoms. The van der Waals surface area contributed by atoms with Gasteiger partial charge in [0, 0.05) is 38.6 Å². The number of hydrogen-bond donors (Lipinski definition) is 2. The molecule has 1 amide bonds. The Bertz CT molecular complexity index is 210. The molecule has 0 spiro atoms. The van der Waals surface area contributed by atoms with E-state index in [0.29, 0.717) is 12.5 Å². The molecule has 0 aliphatic carbocycles. The van der Waals surface area contributed by atoms with E-state index in [1.165, 1.54) is 0 Å². The van der Waals surface area contributed by atoms with Crippen LogP contribution in [0.5, 0.6) is 0 Å². The summed E-state index contributed by atoms with van der Waals surface area (Å²) in [6, 6.07) is 0.625. The van der Waals surface area contributed by atoms with Crippen LogP contribution in [0.4, 0.5) is 0 Å². The SMILES string of the molecule is CCC1CN(CCC(=O)NN)CCN1C. The first kappa shape index (κ1) is 12.4. The van der Waals surface area contributed by atoms with Crippen molar-refractivity contribution in [2.75, 3.05) is 33.2 Å². The molecular formula is C10H22N4O. The first-order valence-electron chi connectivity index (χ1n) is 5.59. The second-order valence-corrected chi connectivity index (χ2v) is 4.16. The third-order valence-electron chi connectivity index (χ3n) is 3.15. The largest absolute Gasteiger partial charge is 0.301 e. The fourth-order valence-corrected chi connectivity index (χ4v) is 1.99. The number of nitrogens with zero attached hydrogens (tertiary/aromatic N) is 2. The molecule has 88 valence electrons. The van der Waals surface area contributed by atoms with Gasteiger partial charge in [0.15, 0.2) is 0 Å². The average Bonchev–Trinajstić information content (AvgIpc) is 2.27. The molecule has 0 aromatic rings. The van der Waals surface area contributed by atoms with Crippen LogP contribution < -0.4 is 11.3 Å². The van der Waals surface area contributed by atoms with Crippen LogP contribution in [0.2, 0.25) is 0 Å². The fraction of sp³-hybridized carbons (Fsp3) is 0.900. The summed E-state index contributed by atoms with van der Waals surface area (Å²) < 4.78 is 0. The Balaban J connectivity index is 2.29. The summed E-state index contributed by atoms with van der Waals surface area (Å²) in [6.07, 6.45) is 1.66. The zero-order valence-electron chi connectivity index (χ0n) is 9.70. The highest BCUT2D eigenvalue weighted by Gasteiger charge is 2.22. The van der Waals surface area contributed by atoms with Crippen molar-refractivity contribution in [1.29, 1.82) is 0 Å².